The van der Waals surface area contributed by atoms with Gasteiger partial charge in [0.05, 0.1) is 24.7 Å². The minimum absolute atomic E-state index is 0.881. The summed E-state index contributed by atoms with van der Waals surface area (Å²) in [5.41, 5.74) is 7.92. The number of hydrogen-bond acceptors (Lipinski definition) is 3. The van der Waals surface area contributed by atoms with Crippen molar-refractivity contribution in [3.05, 3.63) is 58.5 Å². The molecule has 1 aliphatic rings. The Kier molecular flexibility index (Phi) is 2.79. The number of methoxy groups -OCH3 is 1. The normalized spacial score (nSPS) is 13.3. The van der Waals surface area contributed by atoms with Crippen molar-refractivity contribution < 1.29 is 4.74 Å². The van der Waals surface area contributed by atoms with Crippen molar-refractivity contribution in [1.82, 2.24) is 14.6 Å². The Balaban J connectivity index is 1.77. The zero-order valence-corrected chi connectivity index (χ0v) is 12.9. The van der Waals surface area contributed by atoms with Crippen LogP contribution in [0.3, 0.4) is 0 Å². The van der Waals surface area contributed by atoms with Crippen LogP contribution in [0.2, 0.25) is 0 Å². The first-order chi connectivity index (χ1) is 10.6. The number of hydrogen-bond donors (Lipinski definition) is 0. The molecule has 4 heteroatoms. The predicted molar refractivity (Wildman–Crippen MR) is 87.0 cm³/mol. The molecule has 1 aromatic carbocycles. The van der Waals surface area contributed by atoms with E-state index in [-0.39, 0.29) is 0 Å². The quantitative estimate of drug-likeness (QED) is 0.726. The number of fused-ring (bicyclic) bond motifs is 2. The second-order valence-corrected chi connectivity index (χ2v) is 5.77. The van der Waals surface area contributed by atoms with Crippen LogP contribution in [0, 0.1) is 13.8 Å². The van der Waals surface area contributed by atoms with Gasteiger partial charge in [-0.1, -0.05) is 0 Å². The number of imidazole rings is 1. The fourth-order valence-electron chi connectivity index (χ4n) is 3.03. The number of benzene rings is 1. The van der Waals surface area contributed by atoms with Gasteiger partial charge >= 0.3 is 0 Å². The van der Waals surface area contributed by atoms with Gasteiger partial charge < -0.3 is 4.74 Å². The van der Waals surface area contributed by atoms with Crippen molar-refractivity contribution in [2.45, 2.75) is 20.3 Å². The Labute approximate surface area is 129 Å². The fourth-order valence-corrected chi connectivity index (χ4v) is 3.03. The van der Waals surface area contributed by atoms with E-state index >= 15 is 0 Å². The first-order valence-corrected chi connectivity index (χ1v) is 7.35. The van der Waals surface area contributed by atoms with Crippen LogP contribution in [-0.2, 0) is 6.42 Å². The lowest BCUT2D eigenvalue weighted by molar-refractivity contribution is 0.414. The summed E-state index contributed by atoms with van der Waals surface area (Å²) in [6.07, 6.45) is 5.13. The lowest BCUT2D eigenvalue weighted by Gasteiger charge is -2.06. The van der Waals surface area contributed by atoms with Crippen LogP contribution in [0.15, 0.2) is 30.5 Å². The highest BCUT2D eigenvalue weighted by Crippen LogP contribution is 2.35. The Morgan fingerprint density at radius 3 is 2.86 bits per heavy atom. The molecule has 0 spiro atoms. The molecule has 0 bridgehead atoms. The van der Waals surface area contributed by atoms with E-state index in [1.54, 1.807) is 7.11 Å². The molecule has 0 saturated heterocycles. The highest BCUT2D eigenvalue weighted by molar-refractivity contribution is 5.89. The van der Waals surface area contributed by atoms with Gasteiger partial charge in [0, 0.05) is 6.42 Å². The number of nitrogens with zero attached hydrogens (tertiary/aromatic N) is 3. The summed E-state index contributed by atoms with van der Waals surface area (Å²) in [5.74, 6) is 0.915. The maximum absolute atomic E-state index is 5.37. The van der Waals surface area contributed by atoms with Gasteiger partial charge in [0.1, 0.15) is 5.75 Å². The molecule has 0 N–H and O–H groups in total. The van der Waals surface area contributed by atoms with Gasteiger partial charge in [0.15, 0.2) is 5.65 Å². The molecule has 2 aromatic heterocycles. The van der Waals surface area contributed by atoms with Crippen molar-refractivity contribution in [2.75, 3.05) is 7.11 Å². The van der Waals surface area contributed by atoms with E-state index < -0.39 is 0 Å². The summed E-state index contributed by atoms with van der Waals surface area (Å²) in [7, 11) is 1.71. The van der Waals surface area contributed by atoms with Crippen molar-refractivity contribution >= 4 is 17.3 Å². The Morgan fingerprint density at radius 1 is 1.18 bits per heavy atom. The first kappa shape index (κ1) is 13.1. The van der Waals surface area contributed by atoms with Crippen LogP contribution in [0.4, 0.5) is 0 Å². The third kappa shape index (κ3) is 1.99. The van der Waals surface area contributed by atoms with Crippen LogP contribution >= 0.6 is 0 Å². The number of aryl methyl sites for hydroxylation is 2. The van der Waals surface area contributed by atoms with E-state index in [4.69, 9.17) is 9.72 Å². The molecule has 0 atom stereocenters. The molecule has 2 heterocycles. The third-order valence-corrected chi connectivity index (χ3v) is 4.16. The summed E-state index contributed by atoms with van der Waals surface area (Å²) in [6.45, 7) is 4.11. The predicted octanol–water partition coefficient (Wildman–Crippen LogP) is 3.45. The summed E-state index contributed by atoms with van der Waals surface area (Å²) < 4.78 is 7.22. The summed E-state index contributed by atoms with van der Waals surface area (Å²) in [5, 5.41) is 4.47. The SMILES string of the molecule is COc1cc(C)c2c(c1)CC(c1cn3nc(C)ccc3n1)=C2. The van der Waals surface area contributed by atoms with E-state index in [9.17, 15) is 0 Å². The van der Waals surface area contributed by atoms with E-state index in [0.717, 1.165) is 29.2 Å². The van der Waals surface area contributed by atoms with Crippen molar-refractivity contribution in [1.29, 1.82) is 0 Å². The molecule has 0 unspecified atom stereocenters. The van der Waals surface area contributed by atoms with Gasteiger partial charge in [-0.15, -0.1) is 0 Å². The van der Waals surface area contributed by atoms with Gasteiger partial charge in [0.2, 0.25) is 0 Å². The zero-order chi connectivity index (χ0) is 15.3. The lowest BCUT2D eigenvalue weighted by Crippen LogP contribution is -1.91. The first-order valence-electron chi connectivity index (χ1n) is 7.35. The smallest absolute Gasteiger partial charge is 0.154 e. The number of allylic oxidation sites excluding steroid dienone is 1. The standard InChI is InChI=1S/C18H17N3O/c1-11-6-15(22-3)8-13-7-14(9-16(11)13)17-10-21-18(19-17)5-4-12(2)20-21/h4-6,8-10H,7H2,1-3H3. The molecule has 0 radical (unpaired) electrons. The monoisotopic (exact) mass is 291 g/mol. The van der Waals surface area contributed by atoms with Crippen LogP contribution < -0.4 is 4.74 Å². The maximum Gasteiger partial charge on any atom is 0.154 e. The number of rotatable bonds is 2. The molecule has 0 saturated carbocycles. The molecule has 4 nitrogen and oxygen atoms in total. The minimum atomic E-state index is 0.881. The van der Waals surface area contributed by atoms with Crippen LogP contribution in [-0.4, -0.2) is 21.7 Å². The van der Waals surface area contributed by atoms with Crippen LogP contribution in [0.25, 0.3) is 17.3 Å². The highest BCUT2D eigenvalue weighted by atomic mass is 16.5. The second kappa shape index (κ2) is 4.70. The van der Waals surface area contributed by atoms with Gasteiger partial charge in [-0.05, 0) is 66.5 Å². The average molecular weight is 291 g/mol. The van der Waals surface area contributed by atoms with Crippen LogP contribution in [0.1, 0.15) is 28.1 Å². The topological polar surface area (TPSA) is 39.4 Å². The minimum Gasteiger partial charge on any atom is -0.497 e. The molecule has 22 heavy (non-hydrogen) atoms. The molecule has 4 rings (SSSR count). The molecule has 3 aromatic rings. The molecular formula is C18H17N3O. The highest BCUT2D eigenvalue weighted by Gasteiger charge is 2.19. The molecule has 1 aliphatic carbocycles. The summed E-state index contributed by atoms with van der Waals surface area (Å²) in [6, 6.07) is 8.18. The molecule has 0 aliphatic heterocycles. The van der Waals surface area contributed by atoms with Gasteiger partial charge in [-0.2, -0.15) is 5.10 Å². The molecule has 110 valence electrons. The van der Waals surface area contributed by atoms with Crippen molar-refractivity contribution in [2.24, 2.45) is 0 Å². The van der Waals surface area contributed by atoms with E-state index in [0.29, 0.717) is 0 Å². The Morgan fingerprint density at radius 2 is 2.05 bits per heavy atom. The average Bonchev–Trinajstić information content (AvgIpc) is 3.10. The van der Waals surface area contributed by atoms with Crippen LogP contribution in [0.5, 0.6) is 5.75 Å². The largest absolute Gasteiger partial charge is 0.497 e. The zero-order valence-electron chi connectivity index (χ0n) is 12.9. The summed E-state index contributed by atoms with van der Waals surface area (Å²) >= 11 is 0. The lowest BCUT2D eigenvalue weighted by atomic mass is 10.0. The van der Waals surface area contributed by atoms with E-state index in [1.807, 2.05) is 29.8 Å². The van der Waals surface area contributed by atoms with Crippen molar-refractivity contribution in [3.63, 3.8) is 0 Å². The number of ether oxygens (including phenoxy) is 1. The maximum atomic E-state index is 5.37. The van der Waals surface area contributed by atoms with Gasteiger partial charge in [0.25, 0.3) is 0 Å². The Bertz CT molecular complexity index is 921. The molecular weight excluding hydrogens is 274 g/mol. The molecule has 0 fully saturated rings. The fraction of sp³-hybridized carbons (Fsp3) is 0.222. The van der Waals surface area contributed by atoms with E-state index in [2.05, 4.69) is 30.2 Å². The Hall–Kier alpha value is -2.62. The summed E-state index contributed by atoms with van der Waals surface area (Å²) in [4.78, 5) is 4.69. The van der Waals surface area contributed by atoms with E-state index in [1.165, 1.54) is 22.3 Å². The molecule has 0 amide bonds. The van der Waals surface area contributed by atoms with Crippen molar-refractivity contribution in [3.8, 4) is 5.75 Å². The third-order valence-electron chi connectivity index (χ3n) is 4.16. The van der Waals surface area contributed by atoms with Gasteiger partial charge in [-0.3, -0.25) is 0 Å². The number of aromatic nitrogens is 3. The van der Waals surface area contributed by atoms with Gasteiger partial charge in [-0.25, -0.2) is 9.50 Å². The second-order valence-electron chi connectivity index (χ2n) is 5.77.